The van der Waals surface area contributed by atoms with E-state index < -0.39 is 18.0 Å². The average molecular weight is 394 g/mol. The van der Waals surface area contributed by atoms with Gasteiger partial charge >= 0.3 is 11.9 Å². The van der Waals surface area contributed by atoms with Crippen molar-refractivity contribution in [3.8, 4) is 0 Å². The third-order valence-electron chi connectivity index (χ3n) is 3.96. The number of aryl methyl sites for hydroxylation is 1. The Kier molecular flexibility index (Phi) is 6.75. The number of ether oxygens (including phenoxy) is 2. The van der Waals surface area contributed by atoms with Crippen molar-refractivity contribution in [3.63, 3.8) is 0 Å². The van der Waals surface area contributed by atoms with Crippen LogP contribution in [0.5, 0.6) is 0 Å². The van der Waals surface area contributed by atoms with Gasteiger partial charge in [0.2, 0.25) is 0 Å². The fourth-order valence-electron chi connectivity index (χ4n) is 2.64. The number of carbonyl (C=O) groups is 2. The molecule has 0 spiro atoms. The second-order valence-corrected chi connectivity index (χ2v) is 8.09. The van der Waals surface area contributed by atoms with E-state index in [1.54, 1.807) is 20.8 Å². The standard InChI is InChI=1S/C19H26N2O5S/c1-7-13(18(23)25-8-10(2)3)21-9-20-16-14(17(21)22)12(6)15(27-16)19(24)26-11(4)5/h9-11,13H,7-8H2,1-6H3/t13-/m0/s1. The first-order chi connectivity index (χ1) is 12.7. The highest BCUT2D eigenvalue weighted by molar-refractivity contribution is 7.20. The zero-order valence-corrected chi connectivity index (χ0v) is 17.4. The molecule has 7 nitrogen and oxygen atoms in total. The molecular weight excluding hydrogens is 368 g/mol. The van der Waals surface area contributed by atoms with E-state index in [-0.39, 0.29) is 17.6 Å². The van der Waals surface area contributed by atoms with Crippen LogP contribution in [-0.2, 0) is 14.3 Å². The zero-order valence-electron chi connectivity index (χ0n) is 16.6. The molecule has 2 rings (SSSR count). The molecule has 0 aromatic carbocycles. The minimum Gasteiger partial charge on any atom is -0.464 e. The molecule has 2 aromatic rings. The molecule has 0 fully saturated rings. The first kappa shape index (κ1) is 21.1. The van der Waals surface area contributed by atoms with Crippen LogP contribution in [0.2, 0.25) is 0 Å². The molecule has 0 unspecified atom stereocenters. The predicted molar refractivity (Wildman–Crippen MR) is 104 cm³/mol. The molecular formula is C19H26N2O5S. The van der Waals surface area contributed by atoms with Crippen LogP contribution in [-0.4, -0.2) is 34.2 Å². The Balaban J connectivity index is 2.46. The summed E-state index contributed by atoms with van der Waals surface area (Å²) in [4.78, 5) is 42.8. The molecule has 0 amide bonds. The summed E-state index contributed by atoms with van der Waals surface area (Å²) in [6.45, 7) is 11.2. The average Bonchev–Trinajstić information content (AvgIpc) is 2.92. The largest absolute Gasteiger partial charge is 0.464 e. The molecule has 1 atom stereocenters. The third kappa shape index (κ3) is 4.55. The molecule has 0 N–H and O–H groups in total. The lowest BCUT2D eigenvalue weighted by Crippen LogP contribution is -2.31. The fourth-order valence-corrected chi connectivity index (χ4v) is 3.67. The Morgan fingerprint density at radius 3 is 2.48 bits per heavy atom. The fraction of sp³-hybridized carbons (Fsp3) is 0.579. The van der Waals surface area contributed by atoms with E-state index in [1.165, 1.54) is 10.9 Å². The monoisotopic (exact) mass is 394 g/mol. The van der Waals surface area contributed by atoms with Gasteiger partial charge in [0.05, 0.1) is 24.4 Å². The lowest BCUT2D eigenvalue weighted by Gasteiger charge is -2.17. The maximum atomic E-state index is 13.0. The number of fused-ring (bicyclic) bond motifs is 1. The van der Waals surface area contributed by atoms with Crippen molar-refractivity contribution < 1.29 is 19.1 Å². The van der Waals surface area contributed by atoms with Crippen molar-refractivity contribution in [2.24, 2.45) is 5.92 Å². The van der Waals surface area contributed by atoms with E-state index in [9.17, 15) is 14.4 Å². The number of carbonyl (C=O) groups excluding carboxylic acids is 2. The third-order valence-corrected chi connectivity index (χ3v) is 5.14. The minimum absolute atomic E-state index is 0.206. The normalized spacial score (nSPS) is 12.6. The summed E-state index contributed by atoms with van der Waals surface area (Å²) in [5.74, 6) is -0.723. The molecule has 2 heterocycles. The summed E-state index contributed by atoms with van der Waals surface area (Å²) < 4.78 is 11.8. The topological polar surface area (TPSA) is 87.5 Å². The van der Waals surface area contributed by atoms with Crippen LogP contribution in [0, 0.1) is 12.8 Å². The second kappa shape index (κ2) is 8.65. The van der Waals surface area contributed by atoms with Crippen LogP contribution in [0.3, 0.4) is 0 Å². The van der Waals surface area contributed by atoms with Gasteiger partial charge in [-0.3, -0.25) is 9.36 Å². The molecule has 27 heavy (non-hydrogen) atoms. The van der Waals surface area contributed by atoms with Gasteiger partial charge in [-0.15, -0.1) is 11.3 Å². The van der Waals surface area contributed by atoms with Gasteiger partial charge in [0.25, 0.3) is 5.56 Å². The summed E-state index contributed by atoms with van der Waals surface area (Å²) in [5.41, 5.74) is 0.170. The highest BCUT2D eigenvalue weighted by atomic mass is 32.1. The van der Waals surface area contributed by atoms with Crippen molar-refractivity contribution in [1.82, 2.24) is 9.55 Å². The van der Waals surface area contributed by atoms with Gasteiger partial charge in [-0.05, 0) is 38.7 Å². The van der Waals surface area contributed by atoms with Crippen molar-refractivity contribution in [2.45, 2.75) is 60.1 Å². The van der Waals surface area contributed by atoms with Crippen LogP contribution < -0.4 is 5.56 Å². The molecule has 0 saturated carbocycles. The van der Waals surface area contributed by atoms with Gasteiger partial charge in [0.15, 0.2) is 0 Å². The Bertz CT molecular complexity index is 897. The number of esters is 2. The van der Waals surface area contributed by atoms with Crippen molar-refractivity contribution in [3.05, 3.63) is 27.1 Å². The lowest BCUT2D eigenvalue weighted by molar-refractivity contribution is -0.149. The van der Waals surface area contributed by atoms with Crippen LogP contribution in [0.15, 0.2) is 11.1 Å². The summed E-state index contributed by atoms with van der Waals surface area (Å²) in [7, 11) is 0. The zero-order chi connectivity index (χ0) is 20.3. The molecule has 0 aliphatic heterocycles. The Morgan fingerprint density at radius 2 is 1.93 bits per heavy atom. The molecule has 0 aliphatic carbocycles. The van der Waals surface area contributed by atoms with E-state index >= 15 is 0 Å². The SMILES string of the molecule is CC[C@@H](C(=O)OCC(C)C)n1cnc2sc(C(=O)OC(C)C)c(C)c2c1=O. The smallest absolute Gasteiger partial charge is 0.348 e. The van der Waals surface area contributed by atoms with Crippen LogP contribution in [0.1, 0.15) is 62.3 Å². The Labute approximate surface area is 162 Å². The number of rotatable bonds is 7. The molecule has 8 heteroatoms. The molecule has 0 saturated heterocycles. The van der Waals surface area contributed by atoms with Crippen molar-refractivity contribution >= 4 is 33.5 Å². The van der Waals surface area contributed by atoms with Crippen LogP contribution in [0.25, 0.3) is 10.2 Å². The highest BCUT2D eigenvalue weighted by Gasteiger charge is 2.26. The number of aromatic nitrogens is 2. The van der Waals surface area contributed by atoms with E-state index in [2.05, 4.69) is 4.98 Å². The molecule has 148 valence electrons. The summed E-state index contributed by atoms with van der Waals surface area (Å²) >= 11 is 1.12. The predicted octanol–water partition coefficient (Wildman–Crippen LogP) is 3.48. The molecule has 0 aliphatic rings. The second-order valence-electron chi connectivity index (χ2n) is 7.10. The summed E-state index contributed by atoms with van der Waals surface area (Å²) in [6.07, 6.45) is 1.49. The first-order valence-electron chi connectivity index (χ1n) is 9.05. The Hall–Kier alpha value is -2.22. The quantitative estimate of drug-likeness (QED) is 0.668. The maximum absolute atomic E-state index is 13.0. The molecule has 2 aromatic heterocycles. The highest BCUT2D eigenvalue weighted by Crippen LogP contribution is 2.28. The van der Waals surface area contributed by atoms with Crippen LogP contribution >= 0.6 is 11.3 Å². The van der Waals surface area contributed by atoms with E-state index in [1.807, 2.05) is 20.8 Å². The van der Waals surface area contributed by atoms with Crippen molar-refractivity contribution in [1.29, 1.82) is 0 Å². The molecule has 0 radical (unpaired) electrons. The summed E-state index contributed by atoms with van der Waals surface area (Å²) in [6, 6.07) is -0.751. The van der Waals surface area contributed by atoms with Gasteiger partial charge in [-0.1, -0.05) is 20.8 Å². The first-order valence-corrected chi connectivity index (χ1v) is 9.86. The van der Waals surface area contributed by atoms with Crippen LogP contribution in [0.4, 0.5) is 0 Å². The molecule has 0 bridgehead atoms. The number of thiophene rings is 1. The summed E-state index contributed by atoms with van der Waals surface area (Å²) in [5, 5.41) is 0.341. The number of hydrogen-bond acceptors (Lipinski definition) is 7. The van der Waals surface area contributed by atoms with Gasteiger partial charge in [0.1, 0.15) is 15.7 Å². The lowest BCUT2D eigenvalue weighted by atomic mass is 10.2. The number of hydrogen-bond donors (Lipinski definition) is 0. The van der Waals surface area contributed by atoms with Gasteiger partial charge in [-0.25, -0.2) is 14.6 Å². The van der Waals surface area contributed by atoms with Gasteiger partial charge < -0.3 is 9.47 Å². The van der Waals surface area contributed by atoms with E-state index in [0.717, 1.165) is 11.3 Å². The van der Waals surface area contributed by atoms with E-state index in [0.29, 0.717) is 33.7 Å². The van der Waals surface area contributed by atoms with Gasteiger partial charge in [-0.2, -0.15) is 0 Å². The van der Waals surface area contributed by atoms with Gasteiger partial charge in [0, 0.05) is 0 Å². The minimum atomic E-state index is -0.751. The number of nitrogens with zero attached hydrogens (tertiary/aromatic N) is 2. The maximum Gasteiger partial charge on any atom is 0.348 e. The Morgan fingerprint density at radius 1 is 1.26 bits per heavy atom. The van der Waals surface area contributed by atoms with Crippen molar-refractivity contribution in [2.75, 3.05) is 6.61 Å². The van der Waals surface area contributed by atoms with E-state index in [4.69, 9.17) is 9.47 Å².